The van der Waals surface area contributed by atoms with E-state index in [4.69, 9.17) is 5.26 Å². The van der Waals surface area contributed by atoms with Gasteiger partial charge >= 0.3 is 0 Å². The van der Waals surface area contributed by atoms with Crippen LogP contribution in [0.3, 0.4) is 0 Å². The fourth-order valence-electron chi connectivity index (χ4n) is 3.82. The normalized spacial score (nSPS) is 10.8. The van der Waals surface area contributed by atoms with E-state index in [1.165, 1.54) is 22.2 Å². The van der Waals surface area contributed by atoms with Gasteiger partial charge in [0.2, 0.25) is 5.91 Å². The Bertz CT molecular complexity index is 1430. The molecule has 0 N–H and O–H groups in total. The lowest BCUT2D eigenvalue weighted by Crippen LogP contribution is -2.37. The van der Waals surface area contributed by atoms with Gasteiger partial charge in [-0.25, -0.2) is 4.98 Å². The molecule has 7 heteroatoms. The lowest BCUT2D eigenvalue weighted by atomic mass is 10.1. The second-order valence-corrected chi connectivity index (χ2v) is 9.00. The lowest BCUT2D eigenvalue weighted by Gasteiger charge is -2.23. The van der Waals surface area contributed by atoms with Crippen LogP contribution >= 0.6 is 11.3 Å². The number of hydrogen-bond donors (Lipinski definition) is 0. The van der Waals surface area contributed by atoms with Gasteiger partial charge in [-0.1, -0.05) is 36.4 Å². The Morgan fingerprint density at radius 1 is 1.12 bits per heavy atom. The van der Waals surface area contributed by atoms with Crippen molar-refractivity contribution in [2.45, 2.75) is 33.7 Å². The summed E-state index contributed by atoms with van der Waals surface area (Å²) in [4.78, 5) is 34.3. The first kappa shape index (κ1) is 22.4. The third-order valence-electron chi connectivity index (χ3n) is 5.81. The molecule has 2 aromatic carbocycles. The van der Waals surface area contributed by atoms with Crippen LogP contribution in [-0.2, 0) is 11.3 Å². The second-order valence-electron chi connectivity index (χ2n) is 8.00. The standard InChI is InChI=1S/C26H24N4O2S/c1-17-10-11-21(14-18(17)2)30(13-7-12-27)22(31)15-29-16-28-25-23(26(29)32)19(3)24(33-25)20-8-5-4-6-9-20/h4-6,8-11,14,16H,7,13,15H2,1-3H3. The Hall–Kier alpha value is -3.76. The predicted molar refractivity (Wildman–Crippen MR) is 133 cm³/mol. The van der Waals surface area contributed by atoms with Crippen LogP contribution in [0.5, 0.6) is 0 Å². The third-order valence-corrected chi connectivity index (χ3v) is 7.06. The number of benzene rings is 2. The van der Waals surface area contributed by atoms with Crippen LogP contribution in [0, 0.1) is 32.1 Å². The van der Waals surface area contributed by atoms with Crippen LogP contribution in [0.2, 0.25) is 0 Å². The molecule has 0 aliphatic rings. The van der Waals surface area contributed by atoms with Gasteiger partial charge in [0.1, 0.15) is 11.4 Å². The van der Waals surface area contributed by atoms with Crippen molar-refractivity contribution in [3.8, 4) is 16.5 Å². The molecule has 0 atom stereocenters. The number of carbonyl (C=O) groups is 1. The number of nitriles is 1. The van der Waals surface area contributed by atoms with E-state index in [1.54, 1.807) is 4.90 Å². The molecule has 0 aliphatic carbocycles. The number of thiophene rings is 1. The summed E-state index contributed by atoms with van der Waals surface area (Å²) in [7, 11) is 0. The van der Waals surface area contributed by atoms with Crippen LogP contribution in [0.1, 0.15) is 23.1 Å². The van der Waals surface area contributed by atoms with Crippen LogP contribution in [0.4, 0.5) is 5.69 Å². The van der Waals surface area contributed by atoms with Crippen LogP contribution in [0.25, 0.3) is 20.7 Å². The Balaban J connectivity index is 1.69. The third kappa shape index (κ3) is 4.43. The maximum absolute atomic E-state index is 13.3. The summed E-state index contributed by atoms with van der Waals surface area (Å²) in [6, 6.07) is 17.8. The molecule has 2 heterocycles. The van der Waals surface area contributed by atoms with Crippen LogP contribution in [0.15, 0.2) is 59.7 Å². The largest absolute Gasteiger partial charge is 0.310 e. The van der Waals surface area contributed by atoms with Gasteiger partial charge in [-0.2, -0.15) is 5.26 Å². The Morgan fingerprint density at radius 2 is 1.88 bits per heavy atom. The smallest absolute Gasteiger partial charge is 0.262 e. The quantitative estimate of drug-likeness (QED) is 0.409. The Labute approximate surface area is 196 Å². The van der Waals surface area contributed by atoms with Gasteiger partial charge in [-0.3, -0.25) is 14.2 Å². The monoisotopic (exact) mass is 456 g/mol. The summed E-state index contributed by atoms with van der Waals surface area (Å²) in [5, 5.41) is 9.61. The van der Waals surface area contributed by atoms with E-state index in [2.05, 4.69) is 11.1 Å². The van der Waals surface area contributed by atoms with Crippen LogP contribution < -0.4 is 10.5 Å². The first-order valence-corrected chi connectivity index (χ1v) is 11.5. The van der Waals surface area contributed by atoms with Crippen molar-refractivity contribution in [3.05, 3.63) is 81.9 Å². The van der Waals surface area contributed by atoms with E-state index in [-0.39, 0.29) is 31.0 Å². The highest BCUT2D eigenvalue weighted by Gasteiger charge is 2.20. The average Bonchev–Trinajstić information content (AvgIpc) is 3.16. The van der Waals surface area contributed by atoms with Gasteiger partial charge in [-0.05, 0) is 55.2 Å². The summed E-state index contributed by atoms with van der Waals surface area (Å²) in [5.41, 5.74) is 4.58. The Morgan fingerprint density at radius 3 is 2.58 bits per heavy atom. The number of amides is 1. The predicted octanol–water partition coefficient (Wildman–Crippen LogP) is 5.00. The number of rotatable bonds is 6. The van der Waals surface area contributed by atoms with Crippen LogP contribution in [-0.4, -0.2) is 22.0 Å². The van der Waals surface area contributed by atoms with E-state index in [1.807, 2.05) is 69.3 Å². The van der Waals surface area contributed by atoms with Gasteiger partial charge < -0.3 is 4.90 Å². The van der Waals surface area contributed by atoms with E-state index >= 15 is 0 Å². The SMILES string of the molecule is Cc1ccc(N(CCC#N)C(=O)Cn2cnc3sc(-c4ccccc4)c(C)c3c2=O)cc1C. The molecule has 0 saturated carbocycles. The molecule has 0 unspecified atom stereocenters. The average molecular weight is 457 g/mol. The molecule has 2 aromatic heterocycles. The highest BCUT2D eigenvalue weighted by atomic mass is 32.1. The van der Waals surface area contributed by atoms with E-state index in [0.717, 1.165) is 32.8 Å². The molecule has 1 amide bonds. The molecule has 0 aliphatic heterocycles. The minimum absolute atomic E-state index is 0.143. The van der Waals surface area contributed by atoms with E-state index in [9.17, 15) is 9.59 Å². The van der Waals surface area contributed by atoms with Gasteiger partial charge in [0.05, 0.1) is 24.2 Å². The number of anilines is 1. The lowest BCUT2D eigenvalue weighted by molar-refractivity contribution is -0.119. The van der Waals surface area contributed by atoms with Gasteiger partial charge in [0.25, 0.3) is 5.56 Å². The zero-order valence-electron chi connectivity index (χ0n) is 18.8. The van der Waals surface area contributed by atoms with Crippen molar-refractivity contribution in [3.63, 3.8) is 0 Å². The minimum atomic E-state index is -0.257. The van der Waals surface area contributed by atoms with E-state index in [0.29, 0.717) is 10.2 Å². The minimum Gasteiger partial charge on any atom is -0.310 e. The molecular formula is C26H24N4O2S. The maximum Gasteiger partial charge on any atom is 0.262 e. The molecule has 166 valence electrons. The molecule has 0 radical (unpaired) electrons. The van der Waals surface area contributed by atoms with Crippen molar-refractivity contribution < 1.29 is 4.79 Å². The van der Waals surface area contributed by atoms with Gasteiger partial charge in [0, 0.05) is 17.1 Å². The number of hydrogen-bond acceptors (Lipinski definition) is 5. The Kier molecular flexibility index (Phi) is 6.38. The molecule has 0 spiro atoms. The summed E-state index contributed by atoms with van der Waals surface area (Å²) >= 11 is 1.48. The number of aryl methyl sites for hydroxylation is 3. The molecule has 0 saturated heterocycles. The van der Waals surface area contributed by atoms with Crippen molar-refractivity contribution in [2.75, 3.05) is 11.4 Å². The van der Waals surface area contributed by atoms with Crippen molar-refractivity contribution >= 4 is 33.1 Å². The van der Waals surface area contributed by atoms with Gasteiger partial charge in [-0.15, -0.1) is 11.3 Å². The zero-order valence-corrected chi connectivity index (χ0v) is 19.6. The highest BCUT2D eigenvalue weighted by Crippen LogP contribution is 2.35. The molecule has 4 aromatic rings. The fraction of sp³-hybridized carbons (Fsp3) is 0.231. The summed E-state index contributed by atoms with van der Waals surface area (Å²) in [5.74, 6) is -0.257. The van der Waals surface area contributed by atoms with E-state index < -0.39 is 0 Å². The first-order valence-electron chi connectivity index (χ1n) is 10.7. The zero-order chi connectivity index (χ0) is 23.5. The number of nitrogens with zero attached hydrogens (tertiary/aromatic N) is 4. The van der Waals surface area contributed by atoms with Crippen molar-refractivity contribution in [1.82, 2.24) is 9.55 Å². The number of carbonyl (C=O) groups excluding carboxylic acids is 1. The van der Waals surface area contributed by atoms with Crippen molar-refractivity contribution in [2.24, 2.45) is 0 Å². The highest BCUT2D eigenvalue weighted by molar-refractivity contribution is 7.22. The second kappa shape index (κ2) is 9.39. The van der Waals surface area contributed by atoms with Crippen molar-refractivity contribution in [1.29, 1.82) is 5.26 Å². The summed E-state index contributed by atoms with van der Waals surface area (Å²) in [6.07, 6.45) is 1.64. The number of fused-ring (bicyclic) bond motifs is 1. The molecule has 6 nitrogen and oxygen atoms in total. The molecule has 0 fully saturated rings. The number of aromatic nitrogens is 2. The molecule has 4 rings (SSSR count). The fourth-order valence-corrected chi connectivity index (χ4v) is 4.97. The summed E-state index contributed by atoms with van der Waals surface area (Å²) in [6.45, 7) is 6.03. The maximum atomic E-state index is 13.3. The van der Waals surface area contributed by atoms with Gasteiger partial charge in [0.15, 0.2) is 0 Å². The molecular weight excluding hydrogens is 432 g/mol. The molecule has 0 bridgehead atoms. The topological polar surface area (TPSA) is 79.0 Å². The first-order chi connectivity index (χ1) is 15.9. The molecule has 33 heavy (non-hydrogen) atoms. The summed E-state index contributed by atoms with van der Waals surface area (Å²) < 4.78 is 1.36.